The summed E-state index contributed by atoms with van der Waals surface area (Å²) < 4.78 is 46.7. The largest absolute Gasteiger partial charge is 0.488 e. The molecule has 4 aromatic rings. The van der Waals surface area contributed by atoms with Crippen molar-refractivity contribution in [3.05, 3.63) is 77.3 Å². The number of benzene rings is 3. The van der Waals surface area contributed by atoms with Crippen molar-refractivity contribution in [1.82, 2.24) is 5.32 Å². The van der Waals surface area contributed by atoms with Gasteiger partial charge < -0.3 is 19.5 Å². The van der Waals surface area contributed by atoms with Crippen molar-refractivity contribution in [2.45, 2.75) is 10.8 Å². The van der Waals surface area contributed by atoms with Gasteiger partial charge in [0, 0.05) is 28.5 Å². The standard InChI is InChI=1S/C25H23ClN2O5S2/c26-19-8-7-18-14-24(34-23(18)15-19)35(29,30)28-20-4-1-3-17(13-20)16-27-9-10-31-21-5-2-6-22-25(21)33-12-11-32-22/h1-8,13-15,27-28H,9-12,16H2. The number of para-hydroxylation sites is 1. The Morgan fingerprint density at radius 3 is 2.77 bits per heavy atom. The molecule has 0 bridgehead atoms. The monoisotopic (exact) mass is 530 g/mol. The lowest BCUT2D eigenvalue weighted by Crippen LogP contribution is -2.21. The molecule has 1 aromatic heterocycles. The summed E-state index contributed by atoms with van der Waals surface area (Å²) >= 11 is 7.22. The number of thiophene rings is 1. The molecule has 1 aliphatic heterocycles. The maximum Gasteiger partial charge on any atom is 0.271 e. The Balaban J connectivity index is 1.16. The molecule has 2 N–H and O–H groups in total. The lowest BCUT2D eigenvalue weighted by molar-refractivity contribution is 0.162. The molecular weight excluding hydrogens is 508 g/mol. The predicted octanol–water partition coefficient (Wildman–Crippen LogP) is 5.30. The van der Waals surface area contributed by atoms with E-state index in [2.05, 4.69) is 10.0 Å². The van der Waals surface area contributed by atoms with Crippen molar-refractivity contribution >= 4 is 48.7 Å². The third kappa shape index (κ3) is 5.65. The molecule has 10 heteroatoms. The average Bonchev–Trinajstić information content (AvgIpc) is 3.28. The van der Waals surface area contributed by atoms with Crippen LogP contribution in [0.5, 0.6) is 17.2 Å². The van der Waals surface area contributed by atoms with Crippen LogP contribution in [0.15, 0.2) is 70.9 Å². The van der Waals surface area contributed by atoms with Crippen molar-refractivity contribution in [3.63, 3.8) is 0 Å². The van der Waals surface area contributed by atoms with Gasteiger partial charge in [0.1, 0.15) is 24.0 Å². The highest BCUT2D eigenvalue weighted by Crippen LogP contribution is 2.38. The molecule has 5 rings (SSSR count). The Morgan fingerprint density at radius 2 is 1.86 bits per heavy atom. The average molecular weight is 531 g/mol. The zero-order chi connectivity index (χ0) is 24.3. The van der Waals surface area contributed by atoms with Gasteiger partial charge in [-0.05, 0) is 53.4 Å². The molecule has 0 amide bonds. The van der Waals surface area contributed by atoms with E-state index in [1.54, 1.807) is 24.3 Å². The SMILES string of the molecule is O=S(=O)(Nc1cccc(CNCCOc2cccc3c2OCCO3)c1)c1cc2ccc(Cl)cc2s1. The highest BCUT2D eigenvalue weighted by Gasteiger charge is 2.18. The van der Waals surface area contributed by atoms with Gasteiger partial charge in [0.05, 0.1) is 0 Å². The van der Waals surface area contributed by atoms with E-state index in [1.807, 2.05) is 42.5 Å². The Hall–Kier alpha value is -2.98. The van der Waals surface area contributed by atoms with E-state index in [4.69, 9.17) is 25.8 Å². The van der Waals surface area contributed by atoms with E-state index in [0.717, 1.165) is 15.6 Å². The molecule has 0 radical (unpaired) electrons. The molecule has 3 aromatic carbocycles. The maximum absolute atomic E-state index is 12.9. The summed E-state index contributed by atoms with van der Waals surface area (Å²) in [4.78, 5) is 0. The minimum Gasteiger partial charge on any atom is -0.488 e. The van der Waals surface area contributed by atoms with Gasteiger partial charge in [-0.25, -0.2) is 8.42 Å². The van der Waals surface area contributed by atoms with Crippen molar-refractivity contribution in [2.24, 2.45) is 0 Å². The van der Waals surface area contributed by atoms with Crippen molar-refractivity contribution in [3.8, 4) is 17.2 Å². The van der Waals surface area contributed by atoms with Crippen LogP contribution in [0.1, 0.15) is 5.56 Å². The third-order valence-corrected chi connectivity index (χ3v) is 8.49. The second-order valence-corrected chi connectivity index (χ2v) is 11.3. The van der Waals surface area contributed by atoms with Crippen LogP contribution in [-0.2, 0) is 16.6 Å². The summed E-state index contributed by atoms with van der Waals surface area (Å²) in [6.45, 7) is 2.65. The minimum atomic E-state index is -3.71. The topological polar surface area (TPSA) is 85.9 Å². The normalized spacial score (nSPS) is 13.1. The molecule has 0 atom stereocenters. The maximum atomic E-state index is 12.9. The van der Waals surface area contributed by atoms with Crippen LogP contribution in [-0.4, -0.2) is 34.8 Å². The quantitative estimate of drug-likeness (QED) is 0.286. The molecule has 182 valence electrons. The number of hydrogen-bond donors (Lipinski definition) is 2. The van der Waals surface area contributed by atoms with E-state index in [0.29, 0.717) is 60.9 Å². The van der Waals surface area contributed by atoms with Crippen LogP contribution < -0.4 is 24.2 Å². The van der Waals surface area contributed by atoms with Gasteiger partial charge in [0.15, 0.2) is 11.5 Å². The number of fused-ring (bicyclic) bond motifs is 2. The number of halogens is 1. The summed E-state index contributed by atoms with van der Waals surface area (Å²) in [5, 5.41) is 4.73. The number of rotatable bonds is 9. The summed E-state index contributed by atoms with van der Waals surface area (Å²) in [7, 11) is -3.71. The second-order valence-electron chi connectivity index (χ2n) is 7.86. The fourth-order valence-electron chi connectivity index (χ4n) is 3.69. The first-order valence-electron chi connectivity index (χ1n) is 11.0. The summed E-state index contributed by atoms with van der Waals surface area (Å²) in [6.07, 6.45) is 0. The van der Waals surface area contributed by atoms with E-state index in [9.17, 15) is 8.42 Å². The van der Waals surface area contributed by atoms with Gasteiger partial charge in [-0.2, -0.15) is 0 Å². The van der Waals surface area contributed by atoms with Gasteiger partial charge in [-0.15, -0.1) is 11.3 Å². The Bertz CT molecular complexity index is 1460. The fourth-order valence-corrected chi connectivity index (χ4v) is 6.41. The first kappa shape index (κ1) is 23.7. The van der Waals surface area contributed by atoms with Gasteiger partial charge in [0.25, 0.3) is 10.0 Å². The molecule has 0 aliphatic carbocycles. The molecule has 0 saturated heterocycles. The fraction of sp³-hybridized carbons (Fsp3) is 0.200. The zero-order valence-corrected chi connectivity index (χ0v) is 21.0. The van der Waals surface area contributed by atoms with Gasteiger partial charge in [-0.3, -0.25) is 4.72 Å². The summed E-state index contributed by atoms with van der Waals surface area (Å²) in [5.41, 5.74) is 1.45. The Labute approximate surface area is 212 Å². The number of anilines is 1. The number of nitrogens with one attached hydrogen (secondary N) is 2. The lowest BCUT2D eigenvalue weighted by Gasteiger charge is -2.20. The lowest BCUT2D eigenvalue weighted by atomic mass is 10.2. The summed E-state index contributed by atoms with van der Waals surface area (Å²) in [5.74, 6) is 1.99. The number of sulfonamides is 1. The molecule has 1 aliphatic rings. The van der Waals surface area contributed by atoms with E-state index in [1.165, 1.54) is 11.3 Å². The molecule has 0 fully saturated rings. The van der Waals surface area contributed by atoms with Gasteiger partial charge >= 0.3 is 0 Å². The smallest absolute Gasteiger partial charge is 0.271 e. The summed E-state index contributed by atoms with van der Waals surface area (Å²) in [6, 6.07) is 19.9. The van der Waals surface area contributed by atoms with Crippen LogP contribution in [0.3, 0.4) is 0 Å². The Kier molecular flexibility index (Phi) is 7.01. The first-order valence-corrected chi connectivity index (χ1v) is 13.7. The van der Waals surface area contributed by atoms with Crippen molar-refractivity contribution < 1.29 is 22.6 Å². The van der Waals surface area contributed by atoms with Crippen LogP contribution in [0.25, 0.3) is 10.1 Å². The van der Waals surface area contributed by atoms with Crippen LogP contribution in [0.2, 0.25) is 5.02 Å². The molecular formula is C25H23ClN2O5S2. The van der Waals surface area contributed by atoms with Gasteiger partial charge in [0.2, 0.25) is 5.75 Å². The van der Waals surface area contributed by atoms with E-state index >= 15 is 0 Å². The van der Waals surface area contributed by atoms with Crippen molar-refractivity contribution in [1.29, 1.82) is 0 Å². The molecule has 2 heterocycles. The van der Waals surface area contributed by atoms with Crippen LogP contribution in [0, 0.1) is 0 Å². The van der Waals surface area contributed by atoms with E-state index < -0.39 is 10.0 Å². The number of hydrogen-bond acceptors (Lipinski definition) is 7. The Morgan fingerprint density at radius 1 is 1.00 bits per heavy atom. The first-order chi connectivity index (χ1) is 17.0. The number of ether oxygens (including phenoxy) is 3. The molecule has 0 unspecified atom stereocenters. The highest BCUT2D eigenvalue weighted by atomic mass is 35.5. The molecule has 35 heavy (non-hydrogen) atoms. The highest BCUT2D eigenvalue weighted by molar-refractivity contribution is 7.94. The van der Waals surface area contributed by atoms with E-state index in [-0.39, 0.29) is 4.21 Å². The van der Waals surface area contributed by atoms with Crippen LogP contribution in [0.4, 0.5) is 5.69 Å². The van der Waals surface area contributed by atoms with Gasteiger partial charge in [-0.1, -0.05) is 35.9 Å². The molecule has 0 spiro atoms. The predicted molar refractivity (Wildman–Crippen MR) is 139 cm³/mol. The third-order valence-electron chi connectivity index (χ3n) is 5.30. The molecule has 0 saturated carbocycles. The van der Waals surface area contributed by atoms with Crippen LogP contribution >= 0.6 is 22.9 Å². The zero-order valence-electron chi connectivity index (χ0n) is 18.6. The van der Waals surface area contributed by atoms with Crippen molar-refractivity contribution in [2.75, 3.05) is 31.1 Å². The minimum absolute atomic E-state index is 0.243. The second kappa shape index (κ2) is 10.3. The molecule has 7 nitrogen and oxygen atoms in total.